The van der Waals surface area contributed by atoms with Gasteiger partial charge in [-0.25, -0.2) is 13.4 Å². The van der Waals surface area contributed by atoms with E-state index in [2.05, 4.69) is 15.8 Å². The van der Waals surface area contributed by atoms with Crippen LogP contribution in [0.25, 0.3) is 11.0 Å². The number of carbonyl (C=O) groups is 2. The standard InChI is InChI=1S/C17H16N4O4S/c1-26(24,25)17-18-13-9-5-6-10-14(13)21(17)11-15(22)19-20-16(23)12-7-3-2-4-8-12/h2-10H,11H2,1H3,(H,19,22)(H,20,23). The molecule has 9 heteroatoms. The summed E-state index contributed by atoms with van der Waals surface area (Å²) in [6.07, 6.45) is 1.03. The molecule has 2 N–H and O–H groups in total. The summed E-state index contributed by atoms with van der Waals surface area (Å²) in [6, 6.07) is 15.2. The van der Waals surface area contributed by atoms with Gasteiger partial charge in [0.2, 0.25) is 15.0 Å². The second-order valence-corrected chi connectivity index (χ2v) is 7.52. The van der Waals surface area contributed by atoms with Crippen LogP contribution in [0.1, 0.15) is 10.4 Å². The first-order valence-corrected chi connectivity index (χ1v) is 9.55. The monoisotopic (exact) mass is 372 g/mol. The van der Waals surface area contributed by atoms with E-state index in [1.54, 1.807) is 54.6 Å². The lowest BCUT2D eigenvalue weighted by molar-refractivity contribution is -0.122. The topological polar surface area (TPSA) is 110 Å². The van der Waals surface area contributed by atoms with Crippen LogP contribution in [0.4, 0.5) is 0 Å². The number of hydrogen-bond acceptors (Lipinski definition) is 5. The molecule has 0 atom stereocenters. The Bertz CT molecular complexity index is 1070. The van der Waals surface area contributed by atoms with Crippen molar-refractivity contribution < 1.29 is 18.0 Å². The number of hydrogen-bond donors (Lipinski definition) is 2. The van der Waals surface area contributed by atoms with E-state index in [0.717, 1.165) is 6.26 Å². The van der Waals surface area contributed by atoms with Crippen molar-refractivity contribution in [2.45, 2.75) is 11.7 Å². The highest BCUT2D eigenvalue weighted by Crippen LogP contribution is 2.19. The van der Waals surface area contributed by atoms with Gasteiger partial charge >= 0.3 is 0 Å². The lowest BCUT2D eigenvalue weighted by Gasteiger charge is -2.10. The van der Waals surface area contributed by atoms with Gasteiger partial charge in [0, 0.05) is 11.8 Å². The molecule has 0 unspecified atom stereocenters. The molecule has 0 aliphatic heterocycles. The molecule has 0 saturated heterocycles. The molecule has 2 amide bonds. The van der Waals surface area contributed by atoms with Crippen molar-refractivity contribution in [2.24, 2.45) is 0 Å². The molecule has 8 nitrogen and oxygen atoms in total. The highest BCUT2D eigenvalue weighted by Gasteiger charge is 2.21. The van der Waals surface area contributed by atoms with Crippen LogP contribution < -0.4 is 10.9 Å². The SMILES string of the molecule is CS(=O)(=O)c1nc2ccccc2n1CC(=O)NNC(=O)c1ccccc1. The fourth-order valence-corrected chi connectivity index (χ4v) is 3.29. The van der Waals surface area contributed by atoms with Crippen molar-refractivity contribution in [3.63, 3.8) is 0 Å². The summed E-state index contributed by atoms with van der Waals surface area (Å²) >= 11 is 0. The molecule has 0 saturated carbocycles. The fraction of sp³-hybridized carbons (Fsp3) is 0.118. The first-order chi connectivity index (χ1) is 12.4. The number of carbonyl (C=O) groups excluding carboxylic acids is 2. The van der Waals surface area contributed by atoms with Gasteiger partial charge in [-0.1, -0.05) is 30.3 Å². The maximum Gasteiger partial charge on any atom is 0.269 e. The molecule has 0 spiro atoms. The maximum atomic E-state index is 12.2. The van der Waals surface area contributed by atoms with Crippen LogP contribution in [0, 0.1) is 0 Å². The second kappa shape index (κ2) is 6.96. The third kappa shape index (κ3) is 3.72. The molecule has 0 bridgehead atoms. The van der Waals surface area contributed by atoms with Gasteiger partial charge in [-0.15, -0.1) is 0 Å². The largest absolute Gasteiger partial charge is 0.305 e. The third-order valence-electron chi connectivity index (χ3n) is 3.60. The van der Waals surface area contributed by atoms with Gasteiger partial charge in [0.1, 0.15) is 6.54 Å². The summed E-state index contributed by atoms with van der Waals surface area (Å²) in [6.45, 7) is -0.308. The van der Waals surface area contributed by atoms with Crippen molar-refractivity contribution in [2.75, 3.05) is 6.26 Å². The molecule has 26 heavy (non-hydrogen) atoms. The Kier molecular flexibility index (Phi) is 4.72. The molecule has 3 rings (SSSR count). The number of nitrogens with one attached hydrogen (secondary N) is 2. The lowest BCUT2D eigenvalue weighted by atomic mass is 10.2. The van der Waals surface area contributed by atoms with Gasteiger partial charge in [0.25, 0.3) is 11.8 Å². The Balaban J connectivity index is 1.78. The van der Waals surface area contributed by atoms with E-state index < -0.39 is 21.7 Å². The van der Waals surface area contributed by atoms with Gasteiger partial charge in [-0.05, 0) is 24.3 Å². The van der Waals surface area contributed by atoms with Crippen LogP contribution in [-0.4, -0.2) is 36.0 Å². The number of fused-ring (bicyclic) bond motifs is 1. The zero-order chi connectivity index (χ0) is 18.7. The van der Waals surface area contributed by atoms with Crippen molar-refractivity contribution in [1.29, 1.82) is 0 Å². The average Bonchev–Trinajstić information content (AvgIpc) is 2.99. The molecular weight excluding hydrogens is 356 g/mol. The Labute approximate surface area is 149 Å². The zero-order valence-electron chi connectivity index (χ0n) is 13.8. The average molecular weight is 372 g/mol. The predicted molar refractivity (Wildman–Crippen MR) is 94.9 cm³/mol. The van der Waals surface area contributed by atoms with Crippen LogP contribution in [0.2, 0.25) is 0 Å². The zero-order valence-corrected chi connectivity index (χ0v) is 14.7. The minimum Gasteiger partial charge on any atom is -0.305 e. The second-order valence-electron chi connectivity index (χ2n) is 5.61. The van der Waals surface area contributed by atoms with Gasteiger partial charge in [-0.2, -0.15) is 0 Å². The number of imidazole rings is 1. The smallest absolute Gasteiger partial charge is 0.269 e. The fourth-order valence-electron chi connectivity index (χ4n) is 2.46. The molecule has 1 heterocycles. The molecule has 0 radical (unpaired) electrons. The molecule has 0 aliphatic carbocycles. The quantitative estimate of drug-likeness (QED) is 0.661. The highest BCUT2D eigenvalue weighted by atomic mass is 32.2. The first kappa shape index (κ1) is 17.6. The van der Waals surface area contributed by atoms with Crippen LogP contribution in [0.5, 0.6) is 0 Å². The summed E-state index contributed by atoms with van der Waals surface area (Å²) < 4.78 is 25.2. The van der Waals surface area contributed by atoms with Gasteiger partial charge in [0.15, 0.2) is 0 Å². The number of aromatic nitrogens is 2. The summed E-state index contributed by atoms with van der Waals surface area (Å²) in [5.74, 6) is -1.06. The Hall–Kier alpha value is -3.20. The number of nitrogens with zero attached hydrogens (tertiary/aromatic N) is 2. The molecule has 1 aromatic heterocycles. The highest BCUT2D eigenvalue weighted by molar-refractivity contribution is 7.90. The minimum absolute atomic E-state index is 0.205. The number of benzene rings is 2. The van der Waals surface area contributed by atoms with E-state index in [4.69, 9.17) is 0 Å². The van der Waals surface area contributed by atoms with Crippen molar-refractivity contribution in [1.82, 2.24) is 20.4 Å². The Morgan fingerprint density at radius 2 is 1.65 bits per heavy atom. The number of amides is 2. The van der Waals surface area contributed by atoms with Crippen molar-refractivity contribution in [3.8, 4) is 0 Å². The first-order valence-electron chi connectivity index (χ1n) is 7.66. The van der Waals surface area contributed by atoms with Crippen LogP contribution in [0.15, 0.2) is 59.8 Å². The lowest BCUT2D eigenvalue weighted by Crippen LogP contribution is -2.43. The van der Waals surface area contributed by atoms with Crippen LogP contribution in [-0.2, 0) is 21.2 Å². The predicted octanol–water partition coefficient (Wildman–Crippen LogP) is 0.901. The summed E-state index contributed by atoms with van der Waals surface area (Å²) in [5.41, 5.74) is 5.94. The van der Waals surface area contributed by atoms with Gasteiger partial charge in [-0.3, -0.25) is 20.4 Å². The van der Waals surface area contributed by atoms with E-state index in [9.17, 15) is 18.0 Å². The number of para-hydroxylation sites is 2. The van der Waals surface area contributed by atoms with Crippen molar-refractivity contribution >= 4 is 32.7 Å². The number of sulfone groups is 1. The Morgan fingerprint density at radius 1 is 1.00 bits per heavy atom. The number of hydrazine groups is 1. The molecule has 134 valence electrons. The Morgan fingerprint density at radius 3 is 2.35 bits per heavy atom. The third-order valence-corrected chi connectivity index (χ3v) is 4.58. The van der Waals surface area contributed by atoms with E-state index in [1.807, 2.05) is 0 Å². The molecule has 0 fully saturated rings. The number of rotatable bonds is 4. The summed E-state index contributed by atoms with van der Waals surface area (Å²) in [5, 5.41) is -0.205. The summed E-state index contributed by atoms with van der Waals surface area (Å²) in [4.78, 5) is 28.2. The van der Waals surface area contributed by atoms with E-state index in [0.29, 0.717) is 16.6 Å². The van der Waals surface area contributed by atoms with Crippen LogP contribution in [0.3, 0.4) is 0 Å². The van der Waals surface area contributed by atoms with E-state index in [1.165, 1.54) is 4.57 Å². The minimum atomic E-state index is -3.63. The summed E-state index contributed by atoms with van der Waals surface area (Å²) in [7, 11) is -3.63. The van der Waals surface area contributed by atoms with Gasteiger partial charge in [0.05, 0.1) is 11.0 Å². The molecule has 0 aliphatic rings. The van der Waals surface area contributed by atoms with E-state index in [-0.39, 0.29) is 11.7 Å². The van der Waals surface area contributed by atoms with Gasteiger partial charge < -0.3 is 4.57 Å². The molecule has 2 aromatic carbocycles. The molecule has 3 aromatic rings. The van der Waals surface area contributed by atoms with Crippen LogP contribution >= 0.6 is 0 Å². The van der Waals surface area contributed by atoms with E-state index >= 15 is 0 Å². The maximum absolute atomic E-state index is 12.2. The molecular formula is C17H16N4O4S. The normalized spacial score (nSPS) is 11.3. The van der Waals surface area contributed by atoms with Crippen molar-refractivity contribution in [3.05, 3.63) is 60.2 Å².